The minimum absolute atomic E-state index is 0. The second-order valence-electron chi connectivity index (χ2n) is 7.10. The van der Waals surface area contributed by atoms with Crippen LogP contribution in [0.2, 0.25) is 0 Å². The molecule has 2 aliphatic carbocycles. The third-order valence-corrected chi connectivity index (χ3v) is 4.94. The minimum atomic E-state index is -0.408. The van der Waals surface area contributed by atoms with Crippen molar-refractivity contribution in [1.29, 1.82) is 0 Å². The lowest BCUT2D eigenvalue weighted by Crippen LogP contribution is -2.07. The number of carbonyl (C=O) groups excluding carboxylic acids is 1. The molecule has 0 saturated heterocycles. The summed E-state index contributed by atoms with van der Waals surface area (Å²) in [5.74, 6) is 1.24. The van der Waals surface area contributed by atoms with E-state index in [1.807, 2.05) is 13.8 Å². The predicted molar refractivity (Wildman–Crippen MR) is 116 cm³/mol. The predicted octanol–water partition coefficient (Wildman–Crippen LogP) is 4.54. The summed E-state index contributed by atoms with van der Waals surface area (Å²) in [6.07, 6.45) is 5.40. The Morgan fingerprint density at radius 2 is 2.00 bits per heavy atom. The first-order valence-corrected chi connectivity index (χ1v) is 8.91. The molecule has 1 heterocycles. The van der Waals surface area contributed by atoms with Gasteiger partial charge < -0.3 is 11.1 Å². The van der Waals surface area contributed by atoms with Crippen molar-refractivity contribution in [1.82, 2.24) is 10.2 Å². The maximum atomic E-state index is 14.1. The highest BCUT2D eigenvalue weighted by molar-refractivity contribution is 5.99. The molecular weight excluding hydrogens is 402 g/mol. The number of amides is 1. The standard InChI is InChI=1S/C14H14FN3O.C6H11N.2ClH/c1-4-13(19)16-10-5-6-11(12(15)7-10)14-8(2)17-18-9(14)3;7-6-3-5(6)4-1-2-4;;/h4-7H,1H2,2-3H3,(H,16,19)(H,17,18);4-6H,1-3,7H2;2*1H/t;5?,6-;;/m.0../s1. The van der Waals surface area contributed by atoms with Gasteiger partial charge in [0, 0.05) is 28.6 Å². The van der Waals surface area contributed by atoms with Crippen molar-refractivity contribution in [2.24, 2.45) is 17.6 Å². The van der Waals surface area contributed by atoms with E-state index in [1.54, 1.807) is 12.1 Å². The fourth-order valence-corrected chi connectivity index (χ4v) is 3.24. The quantitative estimate of drug-likeness (QED) is 0.624. The van der Waals surface area contributed by atoms with E-state index in [4.69, 9.17) is 5.73 Å². The zero-order valence-corrected chi connectivity index (χ0v) is 17.6. The summed E-state index contributed by atoms with van der Waals surface area (Å²) in [5.41, 5.74) is 8.75. The van der Waals surface area contributed by atoms with Gasteiger partial charge in [0.2, 0.25) is 5.91 Å². The topological polar surface area (TPSA) is 83.8 Å². The maximum Gasteiger partial charge on any atom is 0.247 e. The molecule has 0 aliphatic heterocycles. The molecule has 2 saturated carbocycles. The van der Waals surface area contributed by atoms with Gasteiger partial charge in [-0.1, -0.05) is 6.58 Å². The monoisotopic (exact) mass is 428 g/mol. The number of hydrogen-bond donors (Lipinski definition) is 3. The molecule has 2 aliphatic rings. The molecular formula is C20H27Cl2FN4O. The number of aryl methyl sites for hydroxylation is 2. The molecule has 1 amide bonds. The summed E-state index contributed by atoms with van der Waals surface area (Å²) in [5, 5.41) is 9.38. The van der Waals surface area contributed by atoms with Crippen LogP contribution in [0.5, 0.6) is 0 Å². The fourth-order valence-electron chi connectivity index (χ4n) is 3.24. The lowest BCUT2D eigenvalue weighted by molar-refractivity contribution is -0.111. The number of halogens is 3. The number of aromatic amines is 1. The molecule has 1 aromatic heterocycles. The lowest BCUT2D eigenvalue weighted by Gasteiger charge is -2.07. The van der Waals surface area contributed by atoms with Crippen LogP contribution in [-0.4, -0.2) is 22.1 Å². The molecule has 28 heavy (non-hydrogen) atoms. The Bertz CT molecular complexity index is 816. The maximum absolute atomic E-state index is 14.1. The summed E-state index contributed by atoms with van der Waals surface area (Å²) in [6, 6.07) is 5.15. The van der Waals surface area contributed by atoms with Gasteiger partial charge in [0.25, 0.3) is 0 Å². The highest BCUT2D eigenvalue weighted by Crippen LogP contribution is 2.48. The molecule has 1 unspecified atom stereocenters. The van der Waals surface area contributed by atoms with Gasteiger partial charge in [-0.15, -0.1) is 24.8 Å². The highest BCUT2D eigenvalue weighted by atomic mass is 35.5. The number of hydrogen-bond acceptors (Lipinski definition) is 3. The summed E-state index contributed by atoms with van der Waals surface area (Å²) < 4.78 is 14.1. The number of carbonyl (C=O) groups is 1. The molecule has 1 aromatic carbocycles. The minimum Gasteiger partial charge on any atom is -0.327 e. The van der Waals surface area contributed by atoms with Gasteiger partial charge in [-0.05, 0) is 69.2 Å². The smallest absolute Gasteiger partial charge is 0.247 e. The van der Waals surface area contributed by atoms with Gasteiger partial charge in [-0.2, -0.15) is 5.10 Å². The summed E-state index contributed by atoms with van der Waals surface area (Å²) >= 11 is 0. The van der Waals surface area contributed by atoms with Gasteiger partial charge in [0.05, 0.1) is 5.69 Å². The second kappa shape index (κ2) is 10.0. The number of benzene rings is 1. The van der Waals surface area contributed by atoms with E-state index in [0.717, 1.165) is 34.9 Å². The average molecular weight is 429 g/mol. The van der Waals surface area contributed by atoms with Crippen LogP contribution in [0.1, 0.15) is 30.7 Å². The fraction of sp³-hybridized carbons (Fsp3) is 0.400. The average Bonchev–Trinajstić information content (AvgIpc) is 3.51. The SMILES string of the molecule is C=CC(=O)Nc1ccc(-c2c(C)n[nH]c2C)c(F)c1.Cl.Cl.N[C@H]1CC1C1CC1. The summed E-state index contributed by atoms with van der Waals surface area (Å²) in [7, 11) is 0. The van der Waals surface area contributed by atoms with Crippen molar-refractivity contribution in [3.8, 4) is 11.1 Å². The number of nitrogens with zero attached hydrogens (tertiary/aromatic N) is 1. The van der Waals surface area contributed by atoms with Gasteiger partial charge in [0.15, 0.2) is 0 Å². The molecule has 0 radical (unpaired) electrons. The van der Waals surface area contributed by atoms with Crippen LogP contribution in [-0.2, 0) is 4.79 Å². The largest absolute Gasteiger partial charge is 0.327 e. The second-order valence-corrected chi connectivity index (χ2v) is 7.10. The normalized spacial score (nSPS) is 19.3. The van der Waals surface area contributed by atoms with Crippen molar-refractivity contribution < 1.29 is 9.18 Å². The van der Waals surface area contributed by atoms with Crippen LogP contribution < -0.4 is 11.1 Å². The first kappa shape index (κ1) is 24.1. The number of aromatic nitrogens is 2. The van der Waals surface area contributed by atoms with Crippen molar-refractivity contribution in [3.05, 3.63) is 48.1 Å². The Balaban J connectivity index is 0.000000364. The van der Waals surface area contributed by atoms with Crippen LogP contribution >= 0.6 is 24.8 Å². The van der Waals surface area contributed by atoms with E-state index in [2.05, 4.69) is 22.1 Å². The van der Waals surface area contributed by atoms with Crippen LogP contribution in [0, 0.1) is 31.5 Å². The van der Waals surface area contributed by atoms with E-state index in [9.17, 15) is 9.18 Å². The van der Waals surface area contributed by atoms with Crippen molar-refractivity contribution in [2.75, 3.05) is 5.32 Å². The van der Waals surface area contributed by atoms with E-state index >= 15 is 0 Å². The molecule has 0 bridgehead atoms. The number of rotatable bonds is 4. The molecule has 4 rings (SSSR count). The zero-order valence-electron chi connectivity index (χ0n) is 16.0. The molecule has 2 fully saturated rings. The Hall–Kier alpha value is -1.89. The van der Waals surface area contributed by atoms with E-state index in [-0.39, 0.29) is 30.7 Å². The lowest BCUT2D eigenvalue weighted by atomic mass is 10.0. The Kier molecular flexibility index (Phi) is 8.67. The van der Waals surface area contributed by atoms with Gasteiger partial charge in [-0.3, -0.25) is 9.89 Å². The molecule has 8 heteroatoms. The molecule has 0 spiro atoms. The summed E-state index contributed by atoms with van der Waals surface area (Å²) in [6.45, 7) is 6.99. The first-order valence-electron chi connectivity index (χ1n) is 8.91. The number of nitrogens with one attached hydrogen (secondary N) is 2. The van der Waals surface area contributed by atoms with Gasteiger partial charge >= 0.3 is 0 Å². The van der Waals surface area contributed by atoms with Crippen LogP contribution in [0.4, 0.5) is 10.1 Å². The van der Waals surface area contributed by atoms with E-state index < -0.39 is 5.82 Å². The molecule has 2 aromatic rings. The van der Waals surface area contributed by atoms with E-state index in [1.165, 1.54) is 25.3 Å². The van der Waals surface area contributed by atoms with Crippen LogP contribution in [0.25, 0.3) is 11.1 Å². The van der Waals surface area contributed by atoms with Gasteiger partial charge in [-0.25, -0.2) is 4.39 Å². The van der Waals surface area contributed by atoms with E-state index in [0.29, 0.717) is 17.3 Å². The number of nitrogens with two attached hydrogens (primary N) is 1. The highest BCUT2D eigenvalue weighted by Gasteiger charge is 2.45. The molecule has 154 valence electrons. The van der Waals surface area contributed by atoms with Gasteiger partial charge in [0.1, 0.15) is 5.82 Å². The third-order valence-electron chi connectivity index (χ3n) is 4.94. The summed E-state index contributed by atoms with van der Waals surface area (Å²) in [4.78, 5) is 11.1. The van der Waals surface area contributed by atoms with Crippen molar-refractivity contribution in [2.45, 2.75) is 39.2 Å². The first-order chi connectivity index (χ1) is 12.4. The number of H-pyrrole nitrogens is 1. The molecule has 5 nitrogen and oxygen atoms in total. The molecule has 2 atom stereocenters. The Morgan fingerprint density at radius 3 is 2.39 bits per heavy atom. The van der Waals surface area contributed by atoms with Crippen molar-refractivity contribution in [3.63, 3.8) is 0 Å². The zero-order chi connectivity index (χ0) is 18.8. The number of anilines is 1. The van der Waals surface area contributed by atoms with Crippen molar-refractivity contribution >= 4 is 36.4 Å². The Labute approximate surface area is 177 Å². The van der Waals surface area contributed by atoms with Crippen LogP contribution in [0.3, 0.4) is 0 Å². The van der Waals surface area contributed by atoms with Crippen LogP contribution in [0.15, 0.2) is 30.9 Å². The third kappa shape index (κ3) is 5.80. The molecule has 4 N–H and O–H groups in total. The Morgan fingerprint density at radius 1 is 1.36 bits per heavy atom.